The Hall–Kier alpha value is -1.95. The maximum absolute atomic E-state index is 12.7. The number of morpholine rings is 1. The molecule has 0 bridgehead atoms. The molecule has 1 fully saturated rings. The minimum absolute atomic E-state index is 0.122. The molecule has 1 unspecified atom stereocenters. The first-order valence-electron chi connectivity index (χ1n) is 9.22. The van der Waals surface area contributed by atoms with E-state index >= 15 is 0 Å². The largest absolute Gasteiger partial charge is 0.479 e. The molecule has 28 heavy (non-hydrogen) atoms. The number of carbonyl (C=O) groups excluding carboxylic acids is 1. The summed E-state index contributed by atoms with van der Waals surface area (Å²) >= 11 is 12.0. The quantitative estimate of drug-likeness (QED) is 0.697. The van der Waals surface area contributed by atoms with Crippen molar-refractivity contribution < 1.29 is 14.3 Å². The zero-order chi connectivity index (χ0) is 20.1. The number of likely N-dealkylation sites (N-methyl/N-ethyl adjacent to an activating group) is 1. The third kappa shape index (κ3) is 5.31. The van der Waals surface area contributed by atoms with Crippen molar-refractivity contribution >= 4 is 34.8 Å². The van der Waals surface area contributed by atoms with Gasteiger partial charge < -0.3 is 19.3 Å². The Morgan fingerprint density at radius 1 is 1.18 bits per heavy atom. The van der Waals surface area contributed by atoms with Gasteiger partial charge in [0.15, 0.2) is 6.10 Å². The number of amides is 1. The van der Waals surface area contributed by atoms with Crippen molar-refractivity contribution in [2.45, 2.75) is 19.6 Å². The van der Waals surface area contributed by atoms with Gasteiger partial charge in [0.1, 0.15) is 5.75 Å². The Labute approximate surface area is 175 Å². The fourth-order valence-corrected chi connectivity index (χ4v) is 3.56. The second-order valence-corrected chi connectivity index (χ2v) is 7.64. The van der Waals surface area contributed by atoms with Crippen LogP contribution in [0.15, 0.2) is 42.5 Å². The Balaban J connectivity index is 1.57. The van der Waals surface area contributed by atoms with Gasteiger partial charge in [-0.15, -0.1) is 0 Å². The summed E-state index contributed by atoms with van der Waals surface area (Å²) in [6.45, 7) is 5.54. The molecule has 1 aliphatic heterocycles. The SMILES string of the molecule is CC(Oc1ccc(Cl)cc1Cl)C(=O)N(C)Cc1ccc(N2CCOCC2)cc1. The summed E-state index contributed by atoms with van der Waals surface area (Å²) in [7, 11) is 1.77. The molecule has 0 saturated carbocycles. The van der Waals surface area contributed by atoms with Gasteiger partial charge >= 0.3 is 0 Å². The van der Waals surface area contributed by atoms with Crippen LogP contribution in [0, 0.1) is 0 Å². The van der Waals surface area contributed by atoms with E-state index in [4.69, 9.17) is 32.7 Å². The van der Waals surface area contributed by atoms with E-state index in [0.29, 0.717) is 22.3 Å². The van der Waals surface area contributed by atoms with Crippen molar-refractivity contribution in [3.8, 4) is 5.75 Å². The first-order valence-corrected chi connectivity index (χ1v) is 9.98. The minimum atomic E-state index is -0.656. The van der Waals surface area contributed by atoms with Gasteiger partial charge in [0.25, 0.3) is 5.91 Å². The summed E-state index contributed by atoms with van der Waals surface area (Å²) in [4.78, 5) is 16.6. The van der Waals surface area contributed by atoms with Crippen molar-refractivity contribution in [2.24, 2.45) is 0 Å². The summed E-state index contributed by atoms with van der Waals surface area (Å²) in [6.07, 6.45) is -0.656. The van der Waals surface area contributed by atoms with Crippen LogP contribution in [0.25, 0.3) is 0 Å². The van der Waals surface area contributed by atoms with Gasteiger partial charge in [-0.3, -0.25) is 4.79 Å². The number of benzene rings is 2. The van der Waals surface area contributed by atoms with E-state index in [-0.39, 0.29) is 5.91 Å². The summed E-state index contributed by atoms with van der Waals surface area (Å²) in [5.74, 6) is 0.318. The van der Waals surface area contributed by atoms with Crippen molar-refractivity contribution in [1.29, 1.82) is 0 Å². The van der Waals surface area contributed by atoms with Crippen LogP contribution < -0.4 is 9.64 Å². The second-order valence-electron chi connectivity index (χ2n) is 6.79. The third-order valence-corrected chi connectivity index (χ3v) is 5.18. The van der Waals surface area contributed by atoms with Crippen LogP contribution >= 0.6 is 23.2 Å². The summed E-state index contributed by atoms with van der Waals surface area (Å²) in [5, 5.41) is 0.905. The van der Waals surface area contributed by atoms with E-state index in [1.54, 1.807) is 37.1 Å². The number of halogens is 2. The molecule has 1 aliphatic rings. The zero-order valence-corrected chi connectivity index (χ0v) is 17.5. The zero-order valence-electron chi connectivity index (χ0n) is 16.0. The molecular formula is C21H24Cl2N2O3. The topological polar surface area (TPSA) is 42.0 Å². The molecular weight excluding hydrogens is 399 g/mol. The van der Waals surface area contributed by atoms with E-state index in [2.05, 4.69) is 29.2 Å². The second kappa shape index (κ2) is 9.50. The van der Waals surface area contributed by atoms with E-state index < -0.39 is 6.10 Å². The van der Waals surface area contributed by atoms with Crippen LogP contribution in [0.1, 0.15) is 12.5 Å². The number of anilines is 1. The number of hydrogen-bond donors (Lipinski definition) is 0. The average molecular weight is 423 g/mol. The normalized spacial score (nSPS) is 15.2. The predicted molar refractivity (Wildman–Crippen MR) is 113 cm³/mol. The molecule has 2 aromatic rings. The van der Waals surface area contributed by atoms with Crippen LogP contribution in [-0.4, -0.2) is 50.3 Å². The summed E-state index contributed by atoms with van der Waals surface area (Å²) < 4.78 is 11.1. The lowest BCUT2D eigenvalue weighted by atomic mass is 10.1. The van der Waals surface area contributed by atoms with Crippen LogP contribution in [0.3, 0.4) is 0 Å². The van der Waals surface area contributed by atoms with Gasteiger partial charge in [0.2, 0.25) is 0 Å². The Bertz CT molecular complexity index is 808. The molecule has 0 N–H and O–H groups in total. The lowest BCUT2D eigenvalue weighted by Crippen LogP contribution is -2.37. The number of carbonyl (C=O) groups is 1. The third-order valence-electron chi connectivity index (χ3n) is 4.65. The molecule has 1 atom stereocenters. The standard InChI is InChI=1S/C21H24Cl2N2O3/c1-15(28-20-8-5-17(22)13-19(20)23)21(26)24(2)14-16-3-6-18(7-4-16)25-9-11-27-12-10-25/h3-8,13,15H,9-12,14H2,1-2H3. The van der Waals surface area contributed by atoms with Gasteiger partial charge in [-0.1, -0.05) is 35.3 Å². The Morgan fingerprint density at radius 3 is 2.50 bits per heavy atom. The lowest BCUT2D eigenvalue weighted by Gasteiger charge is -2.29. The fourth-order valence-electron chi connectivity index (χ4n) is 3.11. The molecule has 0 aromatic heterocycles. The summed E-state index contributed by atoms with van der Waals surface area (Å²) in [5.41, 5.74) is 2.24. The van der Waals surface area contributed by atoms with Gasteiger partial charge in [0.05, 0.1) is 18.2 Å². The van der Waals surface area contributed by atoms with Crippen LogP contribution in [0.5, 0.6) is 5.75 Å². The molecule has 0 spiro atoms. The average Bonchev–Trinajstić information content (AvgIpc) is 2.70. The van der Waals surface area contributed by atoms with Gasteiger partial charge in [-0.2, -0.15) is 0 Å². The molecule has 0 aliphatic carbocycles. The van der Waals surface area contributed by atoms with Crippen molar-refractivity contribution in [3.63, 3.8) is 0 Å². The Morgan fingerprint density at radius 2 is 1.86 bits per heavy atom. The monoisotopic (exact) mass is 422 g/mol. The van der Waals surface area contributed by atoms with Gasteiger partial charge in [-0.25, -0.2) is 0 Å². The minimum Gasteiger partial charge on any atom is -0.479 e. The van der Waals surface area contributed by atoms with E-state index in [1.807, 2.05) is 0 Å². The molecule has 0 radical (unpaired) electrons. The van der Waals surface area contributed by atoms with Crippen LogP contribution in [-0.2, 0) is 16.1 Å². The van der Waals surface area contributed by atoms with Crippen LogP contribution in [0.2, 0.25) is 10.0 Å². The molecule has 1 saturated heterocycles. The molecule has 5 nitrogen and oxygen atoms in total. The number of rotatable bonds is 6. The number of hydrogen-bond acceptors (Lipinski definition) is 4. The number of ether oxygens (including phenoxy) is 2. The fraction of sp³-hybridized carbons (Fsp3) is 0.381. The maximum Gasteiger partial charge on any atom is 0.263 e. The van der Waals surface area contributed by atoms with E-state index in [0.717, 1.165) is 31.9 Å². The van der Waals surface area contributed by atoms with Crippen molar-refractivity contribution in [2.75, 3.05) is 38.3 Å². The van der Waals surface area contributed by atoms with E-state index in [1.165, 1.54) is 5.69 Å². The molecule has 1 amide bonds. The number of nitrogens with zero attached hydrogens (tertiary/aromatic N) is 2. The highest BCUT2D eigenvalue weighted by molar-refractivity contribution is 6.35. The highest BCUT2D eigenvalue weighted by Gasteiger charge is 2.20. The van der Waals surface area contributed by atoms with Crippen molar-refractivity contribution in [1.82, 2.24) is 4.90 Å². The van der Waals surface area contributed by atoms with Crippen LogP contribution in [0.4, 0.5) is 5.69 Å². The Kier molecular flexibility index (Phi) is 7.05. The molecule has 2 aromatic carbocycles. The molecule has 7 heteroatoms. The summed E-state index contributed by atoms with van der Waals surface area (Å²) in [6, 6.07) is 13.2. The van der Waals surface area contributed by atoms with Gasteiger partial charge in [0, 0.05) is 37.4 Å². The van der Waals surface area contributed by atoms with Gasteiger partial charge in [-0.05, 0) is 42.8 Å². The highest BCUT2D eigenvalue weighted by atomic mass is 35.5. The van der Waals surface area contributed by atoms with E-state index in [9.17, 15) is 4.79 Å². The molecule has 1 heterocycles. The maximum atomic E-state index is 12.7. The molecule has 3 rings (SSSR count). The smallest absolute Gasteiger partial charge is 0.263 e. The first kappa shape index (κ1) is 20.8. The lowest BCUT2D eigenvalue weighted by molar-refractivity contribution is -0.137. The first-order chi connectivity index (χ1) is 13.4. The van der Waals surface area contributed by atoms with Crippen molar-refractivity contribution in [3.05, 3.63) is 58.1 Å². The highest BCUT2D eigenvalue weighted by Crippen LogP contribution is 2.28. The molecule has 150 valence electrons. The predicted octanol–water partition coefficient (Wildman–Crippen LogP) is 4.26.